The molecule has 1 saturated heterocycles. The number of rotatable bonds is 5. The van der Waals surface area contributed by atoms with Gasteiger partial charge in [0.1, 0.15) is 5.82 Å². The first-order valence-electron chi connectivity index (χ1n) is 7.08. The van der Waals surface area contributed by atoms with Gasteiger partial charge in [-0.2, -0.15) is 16.4 Å². The molecule has 0 spiro atoms. The molecule has 1 amide bonds. The number of anilines is 1. The molecule has 6 nitrogen and oxygen atoms in total. The Kier molecular flexibility index (Phi) is 4.30. The summed E-state index contributed by atoms with van der Waals surface area (Å²) >= 11 is 1.61. The van der Waals surface area contributed by atoms with E-state index < -0.39 is 9.84 Å². The van der Waals surface area contributed by atoms with Crippen molar-refractivity contribution in [1.29, 1.82) is 0 Å². The smallest absolute Gasteiger partial charge is 0.225 e. The van der Waals surface area contributed by atoms with Gasteiger partial charge >= 0.3 is 0 Å². The first kappa shape index (κ1) is 15.2. The Morgan fingerprint density at radius 3 is 3.00 bits per heavy atom. The number of aryl methyl sites for hydroxylation is 1. The van der Waals surface area contributed by atoms with Crippen molar-refractivity contribution >= 4 is 32.9 Å². The Bertz CT molecular complexity index is 750. The molecule has 1 aliphatic rings. The summed E-state index contributed by atoms with van der Waals surface area (Å²) in [6, 6.07) is 3.52. The minimum Gasteiger partial charge on any atom is -0.311 e. The highest BCUT2D eigenvalue weighted by Crippen LogP contribution is 2.26. The molecule has 2 aromatic heterocycles. The summed E-state index contributed by atoms with van der Waals surface area (Å²) in [5.41, 5.74) is 1.15. The second-order valence-electron chi connectivity index (χ2n) is 5.40. The molecule has 1 aliphatic heterocycles. The fourth-order valence-corrected chi connectivity index (χ4v) is 4.97. The first-order valence-corrected chi connectivity index (χ1v) is 9.85. The fraction of sp³-hybridized carbons (Fsp3) is 0.429. The van der Waals surface area contributed by atoms with E-state index in [0.717, 1.165) is 5.56 Å². The summed E-state index contributed by atoms with van der Waals surface area (Å²) in [6.07, 6.45) is 3.22. The van der Waals surface area contributed by atoms with Crippen molar-refractivity contribution in [2.75, 3.05) is 16.8 Å². The van der Waals surface area contributed by atoms with Crippen LogP contribution in [-0.2, 0) is 21.1 Å². The Labute approximate surface area is 133 Å². The third-order valence-corrected chi connectivity index (χ3v) is 6.20. The molecular formula is C14H17N3O3S2. The van der Waals surface area contributed by atoms with Crippen molar-refractivity contribution in [3.63, 3.8) is 0 Å². The number of hydrogen-bond acceptors (Lipinski definition) is 5. The average Bonchev–Trinajstić information content (AvgIpc) is 3.17. The maximum Gasteiger partial charge on any atom is 0.225 e. The monoisotopic (exact) mass is 339 g/mol. The molecule has 0 aliphatic carbocycles. The minimum absolute atomic E-state index is 0.0891. The Morgan fingerprint density at radius 1 is 1.45 bits per heavy atom. The highest BCUT2D eigenvalue weighted by atomic mass is 32.2. The van der Waals surface area contributed by atoms with E-state index in [1.54, 1.807) is 28.3 Å². The van der Waals surface area contributed by atoms with Gasteiger partial charge in [-0.1, -0.05) is 0 Å². The number of sulfone groups is 1. The van der Waals surface area contributed by atoms with Gasteiger partial charge in [-0.3, -0.25) is 4.79 Å². The van der Waals surface area contributed by atoms with Gasteiger partial charge in [0, 0.05) is 12.5 Å². The molecule has 3 rings (SSSR count). The molecule has 1 atom stereocenters. The topological polar surface area (TPSA) is 81.1 Å². The molecule has 2 aromatic rings. The molecule has 0 saturated carbocycles. The lowest BCUT2D eigenvalue weighted by molar-refractivity contribution is -0.116. The summed E-state index contributed by atoms with van der Waals surface area (Å²) in [6.45, 7) is 0. The predicted octanol–water partition coefficient (Wildman–Crippen LogP) is 1.88. The standard InChI is InChI=1S/C14H17N3O3S2/c18-14(2-1-11-4-7-21-9-11)16-13-3-6-15-17(13)12-5-8-22(19,20)10-12/h3-4,6-7,9,12H,1-2,5,8,10H2,(H,16,18)/t12-/m0/s1. The van der Waals surface area contributed by atoms with Crippen LogP contribution < -0.4 is 5.32 Å². The Hall–Kier alpha value is -1.67. The van der Waals surface area contributed by atoms with E-state index in [2.05, 4.69) is 10.4 Å². The third kappa shape index (κ3) is 3.56. The molecule has 8 heteroatoms. The maximum atomic E-state index is 12.0. The van der Waals surface area contributed by atoms with Crippen molar-refractivity contribution < 1.29 is 13.2 Å². The summed E-state index contributed by atoms with van der Waals surface area (Å²) < 4.78 is 24.8. The van der Waals surface area contributed by atoms with E-state index in [4.69, 9.17) is 0 Å². The minimum atomic E-state index is -2.98. The van der Waals surface area contributed by atoms with E-state index in [1.165, 1.54) is 0 Å². The highest BCUT2D eigenvalue weighted by Gasteiger charge is 2.30. The summed E-state index contributed by atoms with van der Waals surface area (Å²) in [4.78, 5) is 12.0. The van der Waals surface area contributed by atoms with Gasteiger partial charge < -0.3 is 5.32 Å². The second-order valence-corrected chi connectivity index (χ2v) is 8.41. The number of nitrogens with zero attached hydrogens (tertiary/aromatic N) is 2. The van der Waals surface area contributed by atoms with Crippen LogP contribution in [0, 0.1) is 0 Å². The van der Waals surface area contributed by atoms with E-state index in [0.29, 0.717) is 25.1 Å². The van der Waals surface area contributed by atoms with Gasteiger partial charge in [0.25, 0.3) is 0 Å². The van der Waals surface area contributed by atoms with Gasteiger partial charge in [-0.05, 0) is 35.2 Å². The molecule has 22 heavy (non-hydrogen) atoms. The van der Waals surface area contributed by atoms with Gasteiger partial charge in [-0.25, -0.2) is 13.1 Å². The van der Waals surface area contributed by atoms with Crippen molar-refractivity contribution in [3.05, 3.63) is 34.7 Å². The molecular weight excluding hydrogens is 322 g/mol. The number of aromatic nitrogens is 2. The van der Waals surface area contributed by atoms with Gasteiger partial charge in [-0.15, -0.1) is 0 Å². The van der Waals surface area contributed by atoms with Crippen LogP contribution in [0.4, 0.5) is 5.82 Å². The van der Waals surface area contributed by atoms with Crippen LogP contribution in [-0.4, -0.2) is 35.6 Å². The molecule has 0 radical (unpaired) electrons. The van der Waals surface area contributed by atoms with Gasteiger partial charge in [0.15, 0.2) is 9.84 Å². The van der Waals surface area contributed by atoms with Crippen LogP contribution >= 0.6 is 11.3 Å². The van der Waals surface area contributed by atoms with E-state index in [9.17, 15) is 13.2 Å². The van der Waals surface area contributed by atoms with E-state index >= 15 is 0 Å². The number of carbonyl (C=O) groups is 1. The molecule has 0 unspecified atom stereocenters. The van der Waals surface area contributed by atoms with Gasteiger partial charge in [0.05, 0.1) is 23.7 Å². The molecule has 0 bridgehead atoms. The predicted molar refractivity (Wildman–Crippen MR) is 85.8 cm³/mol. The van der Waals surface area contributed by atoms with Crippen molar-refractivity contribution in [2.45, 2.75) is 25.3 Å². The molecule has 1 fully saturated rings. The zero-order chi connectivity index (χ0) is 15.6. The number of hydrogen-bond donors (Lipinski definition) is 1. The first-order chi connectivity index (χ1) is 10.5. The lowest BCUT2D eigenvalue weighted by Crippen LogP contribution is -2.19. The van der Waals surface area contributed by atoms with Gasteiger partial charge in [0.2, 0.25) is 5.91 Å². The zero-order valence-electron chi connectivity index (χ0n) is 11.9. The Morgan fingerprint density at radius 2 is 2.32 bits per heavy atom. The van der Waals surface area contributed by atoms with Crippen LogP contribution in [0.2, 0.25) is 0 Å². The average molecular weight is 339 g/mol. The highest BCUT2D eigenvalue weighted by molar-refractivity contribution is 7.91. The summed E-state index contributed by atoms with van der Waals surface area (Å²) in [5, 5.41) is 11.0. The fourth-order valence-electron chi connectivity index (χ4n) is 2.57. The quantitative estimate of drug-likeness (QED) is 0.902. The van der Waals surface area contributed by atoms with Crippen LogP contribution in [0.15, 0.2) is 29.1 Å². The van der Waals surface area contributed by atoms with Crippen molar-refractivity contribution in [2.24, 2.45) is 0 Å². The summed E-state index contributed by atoms with van der Waals surface area (Å²) in [5.74, 6) is 0.751. The van der Waals surface area contributed by atoms with E-state index in [-0.39, 0.29) is 23.5 Å². The van der Waals surface area contributed by atoms with Crippen molar-refractivity contribution in [1.82, 2.24) is 9.78 Å². The van der Waals surface area contributed by atoms with Crippen LogP contribution in [0.1, 0.15) is 24.4 Å². The maximum absolute atomic E-state index is 12.0. The second kappa shape index (κ2) is 6.21. The van der Waals surface area contributed by atoms with Crippen LogP contribution in [0.25, 0.3) is 0 Å². The van der Waals surface area contributed by atoms with Crippen molar-refractivity contribution in [3.8, 4) is 0 Å². The molecule has 3 heterocycles. The zero-order valence-corrected chi connectivity index (χ0v) is 13.6. The number of amides is 1. The molecule has 0 aromatic carbocycles. The molecule has 1 N–H and O–H groups in total. The van der Waals surface area contributed by atoms with Crippen LogP contribution in [0.5, 0.6) is 0 Å². The largest absolute Gasteiger partial charge is 0.311 e. The van der Waals surface area contributed by atoms with Crippen LogP contribution in [0.3, 0.4) is 0 Å². The number of thiophene rings is 1. The lowest BCUT2D eigenvalue weighted by Gasteiger charge is -2.13. The summed E-state index contributed by atoms with van der Waals surface area (Å²) in [7, 11) is -2.98. The third-order valence-electron chi connectivity index (χ3n) is 3.71. The lowest BCUT2D eigenvalue weighted by atomic mass is 10.2. The van der Waals surface area contributed by atoms with E-state index in [1.807, 2.05) is 16.8 Å². The number of carbonyl (C=O) groups excluding carboxylic acids is 1. The molecule has 118 valence electrons. The number of nitrogens with one attached hydrogen (secondary N) is 1. The SMILES string of the molecule is O=C(CCc1ccsc1)Nc1ccnn1[C@H]1CCS(=O)(=O)C1. The normalized spacial score (nSPS) is 20.1. The Balaban J connectivity index is 1.61.